The normalized spacial score (nSPS) is 12.1. The Morgan fingerprint density at radius 2 is 2.00 bits per heavy atom. The minimum absolute atomic E-state index is 0.212. The lowest BCUT2D eigenvalue weighted by Crippen LogP contribution is -2.39. The number of nitrogens with one attached hydrogen (secondary N) is 1. The number of carbonyl (C=O) groups is 1. The zero-order chi connectivity index (χ0) is 18.6. The highest BCUT2D eigenvalue weighted by atomic mass is 35.5. The molecule has 1 N–H and O–H groups in total. The van der Waals surface area contributed by atoms with Gasteiger partial charge in [-0.05, 0) is 44.3 Å². The second kappa shape index (κ2) is 8.52. The van der Waals surface area contributed by atoms with Crippen molar-refractivity contribution in [2.24, 2.45) is 0 Å². The summed E-state index contributed by atoms with van der Waals surface area (Å²) in [4.78, 5) is 14.1. The Balaban J connectivity index is 2.05. The fourth-order valence-electron chi connectivity index (χ4n) is 2.26. The van der Waals surface area contributed by atoms with Crippen molar-refractivity contribution in [2.45, 2.75) is 19.5 Å². The molecule has 0 radical (unpaired) electrons. The highest BCUT2D eigenvalue weighted by Crippen LogP contribution is 2.27. The van der Waals surface area contributed by atoms with Gasteiger partial charge in [0.15, 0.2) is 0 Å². The monoisotopic (exact) mass is 384 g/mol. The van der Waals surface area contributed by atoms with Crippen LogP contribution in [0.2, 0.25) is 10.0 Å². The summed E-state index contributed by atoms with van der Waals surface area (Å²) in [7, 11) is 3.25. The van der Waals surface area contributed by atoms with Gasteiger partial charge in [0, 0.05) is 22.8 Å². The van der Waals surface area contributed by atoms with E-state index in [0.29, 0.717) is 27.0 Å². The zero-order valence-electron chi connectivity index (χ0n) is 14.1. The average molecular weight is 385 g/mol. The van der Waals surface area contributed by atoms with Gasteiger partial charge in [0.05, 0.1) is 18.2 Å². The van der Waals surface area contributed by atoms with E-state index >= 15 is 0 Å². The number of hydrogen-bond acceptors (Lipinski definition) is 3. The van der Waals surface area contributed by atoms with Gasteiger partial charge in [-0.1, -0.05) is 29.3 Å². The quantitative estimate of drug-likeness (QED) is 0.790. The largest absolute Gasteiger partial charge is 0.495 e. The number of benzene rings is 2. The number of halogens is 3. The van der Waals surface area contributed by atoms with Crippen LogP contribution in [0.1, 0.15) is 12.5 Å². The molecular weight excluding hydrogens is 366 g/mol. The van der Waals surface area contributed by atoms with Gasteiger partial charge in [0.2, 0.25) is 5.91 Å². The molecule has 25 heavy (non-hydrogen) atoms. The number of anilines is 1. The first-order valence-corrected chi connectivity index (χ1v) is 8.36. The molecule has 4 nitrogen and oxygen atoms in total. The number of methoxy groups -OCH3 is 1. The number of amides is 1. The van der Waals surface area contributed by atoms with Crippen LogP contribution < -0.4 is 10.1 Å². The second-order valence-corrected chi connectivity index (χ2v) is 6.44. The third-order valence-electron chi connectivity index (χ3n) is 3.93. The lowest BCUT2D eigenvalue weighted by atomic mass is 10.1. The Labute approximate surface area is 156 Å². The van der Waals surface area contributed by atoms with Crippen molar-refractivity contribution in [3.05, 3.63) is 57.8 Å². The van der Waals surface area contributed by atoms with Crippen LogP contribution in [0.3, 0.4) is 0 Å². The fourth-order valence-corrected chi connectivity index (χ4v) is 2.74. The maximum absolute atomic E-state index is 13.9. The molecule has 0 aliphatic rings. The SMILES string of the molecule is COc1ccc(NC(=O)C(C)N(C)Cc2c(F)cccc2Cl)cc1Cl. The maximum atomic E-state index is 13.9. The van der Waals surface area contributed by atoms with Crippen molar-refractivity contribution in [2.75, 3.05) is 19.5 Å². The van der Waals surface area contributed by atoms with E-state index in [1.807, 2.05) is 0 Å². The lowest BCUT2D eigenvalue weighted by Gasteiger charge is -2.24. The number of hydrogen-bond donors (Lipinski definition) is 1. The van der Waals surface area contributed by atoms with Gasteiger partial charge in [-0.15, -0.1) is 0 Å². The highest BCUT2D eigenvalue weighted by Gasteiger charge is 2.20. The molecule has 0 saturated heterocycles. The molecular formula is C18H19Cl2FN2O2. The van der Waals surface area contributed by atoms with Crippen LogP contribution in [0.25, 0.3) is 0 Å². The van der Waals surface area contributed by atoms with Gasteiger partial charge < -0.3 is 10.1 Å². The van der Waals surface area contributed by atoms with Crippen molar-refractivity contribution in [3.63, 3.8) is 0 Å². The van der Waals surface area contributed by atoms with Crippen LogP contribution in [-0.2, 0) is 11.3 Å². The molecule has 2 aromatic rings. The topological polar surface area (TPSA) is 41.6 Å². The summed E-state index contributed by atoms with van der Waals surface area (Å²) in [6.07, 6.45) is 0. The molecule has 0 spiro atoms. The third kappa shape index (κ3) is 4.84. The van der Waals surface area contributed by atoms with Crippen molar-refractivity contribution >= 4 is 34.8 Å². The lowest BCUT2D eigenvalue weighted by molar-refractivity contribution is -0.120. The molecule has 0 bridgehead atoms. The van der Waals surface area contributed by atoms with Crippen molar-refractivity contribution in [1.82, 2.24) is 4.90 Å². The average Bonchev–Trinajstić information content (AvgIpc) is 2.57. The summed E-state index contributed by atoms with van der Waals surface area (Å²) >= 11 is 12.1. The maximum Gasteiger partial charge on any atom is 0.241 e. The first-order chi connectivity index (χ1) is 11.8. The van der Waals surface area contributed by atoms with Gasteiger partial charge in [-0.3, -0.25) is 9.69 Å². The Morgan fingerprint density at radius 1 is 1.28 bits per heavy atom. The Bertz CT molecular complexity index is 750. The van der Waals surface area contributed by atoms with Crippen LogP contribution in [-0.4, -0.2) is 31.0 Å². The van der Waals surface area contributed by atoms with Gasteiger partial charge >= 0.3 is 0 Å². The fraction of sp³-hybridized carbons (Fsp3) is 0.278. The first kappa shape index (κ1) is 19.5. The van der Waals surface area contributed by atoms with Gasteiger partial charge in [-0.25, -0.2) is 4.39 Å². The Hall–Kier alpha value is -1.82. The molecule has 134 valence electrons. The van der Waals surface area contributed by atoms with Crippen LogP contribution >= 0.6 is 23.2 Å². The summed E-state index contributed by atoms with van der Waals surface area (Å²) in [5.41, 5.74) is 0.916. The minimum atomic E-state index is -0.503. The van der Waals surface area contributed by atoms with E-state index in [9.17, 15) is 9.18 Å². The predicted molar refractivity (Wildman–Crippen MR) is 99.0 cm³/mol. The smallest absolute Gasteiger partial charge is 0.241 e. The molecule has 0 aromatic heterocycles. The van der Waals surface area contributed by atoms with Gasteiger partial charge in [0.1, 0.15) is 11.6 Å². The standard InChI is InChI=1S/C18H19Cl2FN2O2/c1-11(23(2)10-13-14(19)5-4-6-16(13)21)18(24)22-12-7-8-17(25-3)15(20)9-12/h4-9,11H,10H2,1-3H3,(H,22,24). The number of nitrogens with zero attached hydrogens (tertiary/aromatic N) is 1. The molecule has 1 amide bonds. The zero-order valence-corrected chi connectivity index (χ0v) is 15.7. The molecule has 2 aromatic carbocycles. The van der Waals surface area contributed by atoms with Crippen molar-refractivity contribution in [3.8, 4) is 5.75 Å². The summed E-state index contributed by atoms with van der Waals surface area (Å²) in [6, 6.07) is 8.99. The van der Waals surface area contributed by atoms with E-state index in [-0.39, 0.29) is 12.5 Å². The molecule has 0 heterocycles. The van der Waals surface area contributed by atoms with E-state index in [2.05, 4.69) is 5.32 Å². The number of rotatable bonds is 6. The van der Waals surface area contributed by atoms with Crippen LogP contribution in [0.5, 0.6) is 5.75 Å². The van der Waals surface area contributed by atoms with Crippen molar-refractivity contribution in [1.29, 1.82) is 0 Å². The predicted octanol–water partition coefficient (Wildman–Crippen LogP) is 4.60. The number of carbonyl (C=O) groups excluding carboxylic acids is 1. The van der Waals surface area contributed by atoms with E-state index in [0.717, 1.165) is 0 Å². The summed E-state index contributed by atoms with van der Waals surface area (Å²) in [5, 5.41) is 3.52. The minimum Gasteiger partial charge on any atom is -0.495 e. The summed E-state index contributed by atoms with van der Waals surface area (Å²) in [6.45, 7) is 1.94. The second-order valence-electron chi connectivity index (χ2n) is 5.63. The molecule has 0 fully saturated rings. The Morgan fingerprint density at radius 3 is 2.60 bits per heavy atom. The van der Waals surface area contributed by atoms with E-state index in [4.69, 9.17) is 27.9 Å². The number of ether oxygens (including phenoxy) is 1. The third-order valence-corrected chi connectivity index (χ3v) is 4.58. The molecule has 1 atom stereocenters. The van der Waals surface area contributed by atoms with Crippen LogP contribution in [0, 0.1) is 5.82 Å². The molecule has 1 unspecified atom stereocenters. The van der Waals surface area contributed by atoms with Gasteiger partial charge in [0.25, 0.3) is 0 Å². The number of likely N-dealkylation sites (N-methyl/N-ethyl adjacent to an activating group) is 1. The first-order valence-electron chi connectivity index (χ1n) is 7.61. The molecule has 0 saturated carbocycles. The van der Waals surface area contributed by atoms with Crippen LogP contribution in [0.15, 0.2) is 36.4 Å². The summed E-state index contributed by atoms with van der Waals surface area (Å²) < 4.78 is 19.0. The van der Waals surface area contributed by atoms with Crippen LogP contribution in [0.4, 0.5) is 10.1 Å². The molecule has 2 rings (SSSR count). The summed E-state index contributed by atoms with van der Waals surface area (Å²) in [5.74, 6) is -0.107. The molecule has 7 heteroatoms. The molecule has 0 aliphatic heterocycles. The van der Waals surface area contributed by atoms with E-state index < -0.39 is 11.9 Å². The highest BCUT2D eigenvalue weighted by molar-refractivity contribution is 6.32. The van der Waals surface area contributed by atoms with Crippen molar-refractivity contribution < 1.29 is 13.9 Å². The molecule has 0 aliphatic carbocycles. The van der Waals surface area contributed by atoms with Gasteiger partial charge in [-0.2, -0.15) is 0 Å². The Kier molecular flexibility index (Phi) is 6.64. The van der Waals surface area contributed by atoms with E-state index in [1.165, 1.54) is 13.2 Å². The van der Waals surface area contributed by atoms with E-state index in [1.54, 1.807) is 49.2 Å².